The molecule has 0 aromatic carbocycles. The molecule has 0 bridgehead atoms. The van der Waals surface area contributed by atoms with Crippen LogP contribution in [0.2, 0.25) is 5.82 Å². The Morgan fingerprint density at radius 1 is 0.933 bits per heavy atom. The van der Waals surface area contributed by atoms with Crippen molar-refractivity contribution in [2.45, 2.75) is 66.0 Å². The molecule has 0 spiro atoms. The van der Waals surface area contributed by atoms with Crippen molar-refractivity contribution in [2.75, 3.05) is 0 Å². The van der Waals surface area contributed by atoms with E-state index < -0.39 is 0 Å². The molecule has 15 heavy (non-hydrogen) atoms. The maximum Gasteiger partial charge on any atom is 0.460 e. The molecule has 2 atom stereocenters. The molecule has 1 unspecified atom stereocenters. The summed E-state index contributed by atoms with van der Waals surface area (Å²) in [6.45, 7) is 12.9. The lowest BCUT2D eigenvalue weighted by molar-refractivity contribution is 0.127. The second kappa shape index (κ2) is 5.35. The van der Waals surface area contributed by atoms with Crippen LogP contribution in [0.1, 0.15) is 48.0 Å². The van der Waals surface area contributed by atoms with Crippen molar-refractivity contribution in [3.8, 4) is 0 Å². The number of rotatable bonds is 6. The predicted octanol–water partition coefficient (Wildman–Crippen LogP) is 3.37. The predicted molar refractivity (Wildman–Crippen MR) is 64.9 cm³/mol. The van der Waals surface area contributed by atoms with E-state index in [0.29, 0.717) is 5.82 Å². The van der Waals surface area contributed by atoms with Crippen LogP contribution in [0.25, 0.3) is 0 Å². The third kappa shape index (κ3) is 4.16. The van der Waals surface area contributed by atoms with E-state index in [4.69, 9.17) is 9.31 Å². The Morgan fingerprint density at radius 2 is 1.40 bits per heavy atom. The lowest BCUT2D eigenvalue weighted by atomic mass is 9.78. The van der Waals surface area contributed by atoms with Crippen LogP contribution >= 0.6 is 0 Å². The minimum Gasteiger partial charge on any atom is -0.409 e. The third-order valence-electron chi connectivity index (χ3n) is 2.91. The van der Waals surface area contributed by atoms with Gasteiger partial charge in [-0.05, 0) is 51.8 Å². The Labute approximate surface area is 94.9 Å². The van der Waals surface area contributed by atoms with Gasteiger partial charge in [0.15, 0.2) is 0 Å². The summed E-state index contributed by atoms with van der Waals surface area (Å²) < 4.78 is 11.7. The van der Waals surface area contributed by atoms with Crippen LogP contribution in [0.4, 0.5) is 0 Å². The Hall–Kier alpha value is -0.0151. The molecule has 0 N–H and O–H groups in total. The highest BCUT2D eigenvalue weighted by Crippen LogP contribution is 2.52. The zero-order valence-corrected chi connectivity index (χ0v) is 11.0. The fourth-order valence-corrected chi connectivity index (χ4v) is 2.09. The van der Waals surface area contributed by atoms with Crippen LogP contribution in [0.3, 0.4) is 0 Å². The largest absolute Gasteiger partial charge is 0.460 e. The molecule has 0 heterocycles. The molecular formula is C12H25BO2. The molecule has 3 heteroatoms. The lowest BCUT2D eigenvalue weighted by Gasteiger charge is -2.20. The monoisotopic (exact) mass is 212 g/mol. The van der Waals surface area contributed by atoms with E-state index in [-0.39, 0.29) is 19.3 Å². The molecule has 1 aliphatic rings. The minimum absolute atomic E-state index is 0.0115. The standard InChI is InChI=1S/C12H25BO2/c1-8(2)11-7-12(11)13(14-9(3)4)15-10(5)6/h8-12H,7H2,1-6H3/t11-,12?/m1/s1. The van der Waals surface area contributed by atoms with Crippen molar-refractivity contribution in [3.05, 3.63) is 0 Å². The van der Waals surface area contributed by atoms with Gasteiger partial charge in [-0.3, -0.25) is 0 Å². The van der Waals surface area contributed by atoms with Crippen LogP contribution in [-0.2, 0) is 9.31 Å². The molecular weight excluding hydrogens is 187 g/mol. The van der Waals surface area contributed by atoms with Gasteiger partial charge in [0, 0.05) is 12.2 Å². The summed E-state index contributed by atoms with van der Waals surface area (Å²) in [5.74, 6) is 2.17. The molecule has 0 saturated heterocycles. The Kier molecular flexibility index (Phi) is 4.66. The molecule has 0 aromatic rings. The lowest BCUT2D eigenvalue weighted by Crippen LogP contribution is -2.30. The van der Waals surface area contributed by atoms with Gasteiger partial charge in [0.05, 0.1) is 0 Å². The molecule has 88 valence electrons. The topological polar surface area (TPSA) is 18.5 Å². The highest BCUT2D eigenvalue weighted by Gasteiger charge is 2.50. The van der Waals surface area contributed by atoms with E-state index >= 15 is 0 Å². The summed E-state index contributed by atoms with van der Waals surface area (Å²) in [6.07, 6.45) is 1.77. The summed E-state index contributed by atoms with van der Waals surface area (Å²) in [7, 11) is 0.0115. The molecule has 0 aliphatic heterocycles. The number of hydrogen-bond donors (Lipinski definition) is 0. The molecule has 2 nitrogen and oxygen atoms in total. The number of hydrogen-bond acceptors (Lipinski definition) is 2. The maximum absolute atomic E-state index is 5.84. The molecule has 1 saturated carbocycles. The van der Waals surface area contributed by atoms with Crippen molar-refractivity contribution in [1.82, 2.24) is 0 Å². The van der Waals surface area contributed by atoms with E-state index in [9.17, 15) is 0 Å². The van der Waals surface area contributed by atoms with E-state index in [0.717, 1.165) is 11.8 Å². The van der Waals surface area contributed by atoms with Gasteiger partial charge in [-0.1, -0.05) is 13.8 Å². The zero-order valence-electron chi connectivity index (χ0n) is 11.0. The normalized spacial score (nSPS) is 25.4. The minimum atomic E-state index is 0.0115. The van der Waals surface area contributed by atoms with Gasteiger partial charge in [0.1, 0.15) is 0 Å². The summed E-state index contributed by atoms with van der Waals surface area (Å²) in [4.78, 5) is 0. The summed E-state index contributed by atoms with van der Waals surface area (Å²) in [6, 6.07) is 0. The van der Waals surface area contributed by atoms with Crippen LogP contribution in [0.5, 0.6) is 0 Å². The first kappa shape index (κ1) is 13.1. The van der Waals surface area contributed by atoms with Gasteiger partial charge in [0.25, 0.3) is 0 Å². The van der Waals surface area contributed by atoms with Crippen LogP contribution < -0.4 is 0 Å². The van der Waals surface area contributed by atoms with Crippen molar-refractivity contribution < 1.29 is 9.31 Å². The average molecular weight is 212 g/mol. The van der Waals surface area contributed by atoms with Crippen molar-refractivity contribution in [3.63, 3.8) is 0 Å². The van der Waals surface area contributed by atoms with Gasteiger partial charge < -0.3 is 9.31 Å². The first-order chi connectivity index (χ1) is 6.91. The van der Waals surface area contributed by atoms with E-state index in [1.165, 1.54) is 6.42 Å². The fraction of sp³-hybridized carbons (Fsp3) is 1.00. The SMILES string of the molecule is CC(C)OB(OC(C)C)C1C[C@@H]1C(C)C. The summed E-state index contributed by atoms with van der Waals surface area (Å²) >= 11 is 0. The summed E-state index contributed by atoms with van der Waals surface area (Å²) in [5.41, 5.74) is 0. The van der Waals surface area contributed by atoms with Gasteiger partial charge in [0.2, 0.25) is 0 Å². The van der Waals surface area contributed by atoms with Crippen LogP contribution in [0, 0.1) is 11.8 Å². The Bertz CT molecular complexity index is 182. The second-order valence-corrected chi connectivity index (χ2v) is 5.55. The highest BCUT2D eigenvalue weighted by atomic mass is 16.6. The second-order valence-electron chi connectivity index (χ2n) is 5.55. The van der Waals surface area contributed by atoms with Crippen molar-refractivity contribution in [1.29, 1.82) is 0 Å². The van der Waals surface area contributed by atoms with Gasteiger partial charge >= 0.3 is 7.12 Å². The third-order valence-corrected chi connectivity index (χ3v) is 2.91. The van der Waals surface area contributed by atoms with Crippen LogP contribution in [0.15, 0.2) is 0 Å². The quantitative estimate of drug-likeness (QED) is 0.628. The maximum atomic E-state index is 5.84. The van der Waals surface area contributed by atoms with Crippen molar-refractivity contribution in [2.24, 2.45) is 11.8 Å². The smallest absolute Gasteiger partial charge is 0.409 e. The molecule has 0 aromatic heterocycles. The van der Waals surface area contributed by atoms with Crippen LogP contribution in [-0.4, -0.2) is 19.3 Å². The highest BCUT2D eigenvalue weighted by molar-refractivity contribution is 6.47. The van der Waals surface area contributed by atoms with Gasteiger partial charge in [-0.15, -0.1) is 0 Å². The van der Waals surface area contributed by atoms with E-state index in [2.05, 4.69) is 41.5 Å². The zero-order chi connectivity index (χ0) is 11.6. The molecule has 0 radical (unpaired) electrons. The average Bonchev–Trinajstić information content (AvgIpc) is 2.78. The molecule has 1 rings (SSSR count). The van der Waals surface area contributed by atoms with Gasteiger partial charge in [-0.2, -0.15) is 0 Å². The molecule has 1 aliphatic carbocycles. The van der Waals surface area contributed by atoms with Gasteiger partial charge in [-0.25, -0.2) is 0 Å². The fourth-order valence-electron chi connectivity index (χ4n) is 2.09. The Morgan fingerprint density at radius 3 is 1.67 bits per heavy atom. The van der Waals surface area contributed by atoms with Crippen molar-refractivity contribution >= 4 is 7.12 Å². The first-order valence-electron chi connectivity index (χ1n) is 6.22. The van der Waals surface area contributed by atoms with E-state index in [1.807, 2.05) is 0 Å². The Balaban J connectivity index is 2.43. The van der Waals surface area contributed by atoms with E-state index in [1.54, 1.807) is 0 Å². The summed E-state index contributed by atoms with van der Waals surface area (Å²) in [5, 5.41) is 0. The molecule has 0 amide bonds. The molecule has 1 fully saturated rings. The first-order valence-corrected chi connectivity index (χ1v) is 6.22.